The van der Waals surface area contributed by atoms with Crippen molar-refractivity contribution in [2.45, 2.75) is 52.8 Å². The fraction of sp³-hybridized carbons (Fsp3) is 0.320. The zero-order valence-electron chi connectivity index (χ0n) is 19.3. The number of alkyl halides is 3. The van der Waals surface area contributed by atoms with Crippen LogP contribution in [0, 0.1) is 6.92 Å². The van der Waals surface area contributed by atoms with E-state index in [2.05, 4.69) is 15.6 Å². The second kappa shape index (κ2) is 8.96. The number of carbonyl (C=O) groups is 1. The molecule has 0 saturated heterocycles. The van der Waals surface area contributed by atoms with Crippen molar-refractivity contribution in [3.05, 3.63) is 65.0 Å². The van der Waals surface area contributed by atoms with E-state index in [9.17, 15) is 18.0 Å². The highest BCUT2D eigenvalue weighted by molar-refractivity contribution is 5.93. The van der Waals surface area contributed by atoms with Crippen LogP contribution < -0.4 is 5.32 Å². The Balaban J connectivity index is 1.58. The third-order valence-corrected chi connectivity index (χ3v) is 5.63. The fourth-order valence-corrected chi connectivity index (χ4v) is 3.93. The molecule has 6 nitrogen and oxygen atoms in total. The molecule has 2 heterocycles. The van der Waals surface area contributed by atoms with Crippen LogP contribution in [0.15, 0.2) is 47.0 Å². The van der Waals surface area contributed by atoms with Gasteiger partial charge in [-0.05, 0) is 63.4 Å². The number of anilines is 1. The van der Waals surface area contributed by atoms with Gasteiger partial charge < -0.3 is 9.84 Å². The SMILES string of the molecule is CC(=O)Nc1cc2onc(CCc3cc(-c4ccc(C(F)(F)F)cc4)nn3C(C)C)c2cc1C. The summed E-state index contributed by atoms with van der Waals surface area (Å²) >= 11 is 0. The first kappa shape index (κ1) is 23.5. The van der Waals surface area contributed by atoms with Gasteiger partial charge >= 0.3 is 6.18 Å². The average Bonchev–Trinajstić information content (AvgIpc) is 3.36. The predicted molar refractivity (Wildman–Crippen MR) is 124 cm³/mol. The fourth-order valence-electron chi connectivity index (χ4n) is 3.93. The number of benzene rings is 2. The molecule has 178 valence electrons. The largest absolute Gasteiger partial charge is 0.416 e. The quantitative estimate of drug-likeness (QED) is 0.357. The number of amides is 1. The van der Waals surface area contributed by atoms with Gasteiger partial charge in [-0.3, -0.25) is 9.48 Å². The lowest BCUT2D eigenvalue weighted by molar-refractivity contribution is -0.137. The molecular weight excluding hydrogens is 445 g/mol. The minimum absolute atomic E-state index is 0.0784. The van der Waals surface area contributed by atoms with Crippen molar-refractivity contribution in [3.8, 4) is 11.3 Å². The predicted octanol–water partition coefficient (Wildman–Crippen LogP) is 6.34. The van der Waals surface area contributed by atoms with E-state index in [4.69, 9.17) is 4.52 Å². The Morgan fingerprint density at radius 1 is 1.12 bits per heavy atom. The number of rotatable bonds is 6. The Hall–Kier alpha value is -3.62. The molecule has 0 aliphatic rings. The summed E-state index contributed by atoms with van der Waals surface area (Å²) in [5.41, 5.74) is 4.49. The summed E-state index contributed by atoms with van der Waals surface area (Å²) in [5.74, 6) is -0.159. The van der Waals surface area contributed by atoms with Gasteiger partial charge in [0.2, 0.25) is 5.91 Å². The van der Waals surface area contributed by atoms with E-state index in [1.54, 1.807) is 6.07 Å². The van der Waals surface area contributed by atoms with Crippen molar-refractivity contribution in [1.82, 2.24) is 14.9 Å². The molecule has 4 rings (SSSR count). The average molecular weight is 470 g/mol. The van der Waals surface area contributed by atoms with Gasteiger partial charge in [0.15, 0.2) is 5.58 Å². The first-order valence-corrected chi connectivity index (χ1v) is 11.0. The molecule has 2 aromatic carbocycles. The number of hydrogen-bond donors (Lipinski definition) is 1. The van der Waals surface area contributed by atoms with E-state index in [0.29, 0.717) is 35.4 Å². The number of carbonyl (C=O) groups excluding carboxylic acids is 1. The third kappa shape index (κ3) is 4.83. The van der Waals surface area contributed by atoms with Gasteiger partial charge in [0, 0.05) is 41.4 Å². The topological polar surface area (TPSA) is 73.0 Å². The molecule has 0 fully saturated rings. The van der Waals surface area contributed by atoms with Crippen LogP contribution >= 0.6 is 0 Å². The van der Waals surface area contributed by atoms with Crippen LogP contribution in [0.3, 0.4) is 0 Å². The van der Waals surface area contributed by atoms with E-state index in [-0.39, 0.29) is 11.9 Å². The molecule has 0 bridgehead atoms. The van der Waals surface area contributed by atoms with Gasteiger partial charge in [-0.25, -0.2) is 0 Å². The van der Waals surface area contributed by atoms with Gasteiger partial charge in [0.05, 0.1) is 17.0 Å². The number of nitrogens with zero attached hydrogens (tertiary/aromatic N) is 3. The highest BCUT2D eigenvalue weighted by Crippen LogP contribution is 2.32. The first-order chi connectivity index (χ1) is 16.0. The second-order valence-electron chi connectivity index (χ2n) is 8.61. The van der Waals surface area contributed by atoms with Gasteiger partial charge in [0.25, 0.3) is 0 Å². The summed E-state index contributed by atoms with van der Waals surface area (Å²) in [4.78, 5) is 11.4. The van der Waals surface area contributed by atoms with Crippen molar-refractivity contribution in [1.29, 1.82) is 0 Å². The minimum Gasteiger partial charge on any atom is -0.356 e. The molecule has 4 aromatic rings. The Kier molecular flexibility index (Phi) is 6.20. The molecule has 0 aliphatic heterocycles. The minimum atomic E-state index is -4.37. The first-order valence-electron chi connectivity index (χ1n) is 11.0. The zero-order valence-corrected chi connectivity index (χ0v) is 19.3. The normalized spacial score (nSPS) is 12.0. The second-order valence-corrected chi connectivity index (χ2v) is 8.61. The number of aromatic nitrogens is 3. The summed E-state index contributed by atoms with van der Waals surface area (Å²) in [6, 6.07) is 10.7. The van der Waals surface area contributed by atoms with E-state index < -0.39 is 11.7 Å². The van der Waals surface area contributed by atoms with E-state index >= 15 is 0 Å². The highest BCUT2D eigenvalue weighted by atomic mass is 19.4. The molecule has 1 N–H and O–H groups in total. The van der Waals surface area contributed by atoms with Crippen LogP contribution in [0.2, 0.25) is 0 Å². The van der Waals surface area contributed by atoms with Crippen LogP contribution in [0.1, 0.15) is 49.3 Å². The van der Waals surface area contributed by atoms with Crippen LogP contribution in [-0.4, -0.2) is 20.8 Å². The number of hydrogen-bond acceptors (Lipinski definition) is 4. The molecule has 1 amide bonds. The smallest absolute Gasteiger partial charge is 0.356 e. The summed E-state index contributed by atoms with van der Waals surface area (Å²) in [6.07, 6.45) is -3.15. The molecule has 9 heteroatoms. The third-order valence-electron chi connectivity index (χ3n) is 5.63. The lowest BCUT2D eigenvalue weighted by atomic mass is 10.1. The monoisotopic (exact) mass is 470 g/mol. The van der Waals surface area contributed by atoms with Gasteiger partial charge in [-0.2, -0.15) is 18.3 Å². The number of halogens is 3. The highest BCUT2D eigenvalue weighted by Gasteiger charge is 2.30. The van der Waals surface area contributed by atoms with Crippen molar-refractivity contribution in [2.75, 3.05) is 5.32 Å². The Bertz CT molecular complexity index is 1330. The number of nitrogens with one attached hydrogen (secondary N) is 1. The number of fused-ring (bicyclic) bond motifs is 1. The van der Waals surface area contributed by atoms with Crippen molar-refractivity contribution in [2.24, 2.45) is 0 Å². The van der Waals surface area contributed by atoms with E-state index in [0.717, 1.165) is 34.5 Å². The molecular formula is C25H25F3N4O2. The Morgan fingerprint density at radius 3 is 2.44 bits per heavy atom. The molecule has 0 saturated carbocycles. The van der Waals surface area contributed by atoms with Gasteiger partial charge in [0.1, 0.15) is 0 Å². The molecule has 0 radical (unpaired) electrons. The number of aryl methyl sites for hydroxylation is 3. The lowest BCUT2D eigenvalue weighted by Gasteiger charge is -2.10. The van der Waals surface area contributed by atoms with Crippen molar-refractivity contribution >= 4 is 22.6 Å². The summed E-state index contributed by atoms with van der Waals surface area (Å²) in [7, 11) is 0. The van der Waals surface area contributed by atoms with E-state index in [1.807, 2.05) is 37.6 Å². The summed E-state index contributed by atoms with van der Waals surface area (Å²) < 4.78 is 46.1. The molecule has 0 atom stereocenters. The maximum Gasteiger partial charge on any atom is 0.416 e. The van der Waals surface area contributed by atoms with E-state index in [1.165, 1.54) is 19.1 Å². The Morgan fingerprint density at radius 2 is 1.82 bits per heavy atom. The standard InChI is InChI=1S/C25H25F3N4O2/c1-14(2)32-19(12-23(30-32)17-5-7-18(8-6-17)25(26,27)28)9-10-21-20-11-15(3)22(29-16(4)33)13-24(20)34-31-21/h5-8,11-14H,9-10H2,1-4H3,(H,29,33). The molecule has 0 unspecified atom stereocenters. The van der Waals surface area contributed by atoms with Gasteiger partial charge in [-0.1, -0.05) is 17.3 Å². The Labute approximate surface area is 194 Å². The maximum absolute atomic E-state index is 12.9. The zero-order chi connectivity index (χ0) is 24.6. The molecule has 0 spiro atoms. The van der Waals surface area contributed by atoms with Crippen LogP contribution in [0.4, 0.5) is 18.9 Å². The van der Waals surface area contributed by atoms with Crippen molar-refractivity contribution < 1.29 is 22.5 Å². The molecule has 0 aliphatic carbocycles. The summed E-state index contributed by atoms with van der Waals surface area (Å²) in [6.45, 7) is 7.37. The lowest BCUT2D eigenvalue weighted by Crippen LogP contribution is -2.08. The molecule has 34 heavy (non-hydrogen) atoms. The van der Waals surface area contributed by atoms with Crippen LogP contribution in [0.25, 0.3) is 22.2 Å². The van der Waals surface area contributed by atoms with Crippen LogP contribution in [0.5, 0.6) is 0 Å². The summed E-state index contributed by atoms with van der Waals surface area (Å²) in [5, 5.41) is 12.5. The molecule has 2 aromatic heterocycles. The van der Waals surface area contributed by atoms with Gasteiger partial charge in [-0.15, -0.1) is 0 Å². The maximum atomic E-state index is 12.9. The van der Waals surface area contributed by atoms with Crippen molar-refractivity contribution in [3.63, 3.8) is 0 Å². The van der Waals surface area contributed by atoms with Crippen LogP contribution in [-0.2, 0) is 23.8 Å².